The minimum Gasteiger partial charge on any atom is -0.396 e. The van der Waals surface area contributed by atoms with Crippen LogP contribution in [0.25, 0.3) is 0 Å². The van der Waals surface area contributed by atoms with Gasteiger partial charge in [-0.25, -0.2) is 0 Å². The summed E-state index contributed by atoms with van der Waals surface area (Å²) in [5.74, 6) is 0.625. The Bertz CT molecular complexity index is 712. The van der Waals surface area contributed by atoms with Gasteiger partial charge in [0, 0.05) is 51.1 Å². The summed E-state index contributed by atoms with van der Waals surface area (Å²) in [6.07, 6.45) is 1.85. The second kappa shape index (κ2) is 9.49. The molecule has 3 rings (SSSR count). The number of aryl methyl sites for hydroxylation is 1. The number of aliphatic hydroxyl groups excluding tert-OH is 1. The lowest BCUT2D eigenvalue weighted by atomic mass is 10.0. The molecule has 1 aromatic heterocycles. The van der Waals surface area contributed by atoms with Crippen molar-refractivity contribution < 1.29 is 5.11 Å². The molecule has 0 amide bonds. The van der Waals surface area contributed by atoms with Crippen LogP contribution in [-0.2, 0) is 19.5 Å². The zero-order chi connectivity index (χ0) is 19.2. The lowest BCUT2D eigenvalue weighted by Crippen LogP contribution is -2.52. The third-order valence-corrected chi connectivity index (χ3v) is 5.48. The van der Waals surface area contributed by atoms with Crippen LogP contribution in [0.4, 0.5) is 0 Å². The van der Waals surface area contributed by atoms with Gasteiger partial charge in [-0.15, -0.1) is 0 Å². The van der Waals surface area contributed by atoms with E-state index in [1.807, 2.05) is 0 Å². The van der Waals surface area contributed by atoms with Crippen molar-refractivity contribution in [3.8, 4) is 0 Å². The number of aliphatic hydroxyl groups is 1. The minimum atomic E-state index is 0.241. The van der Waals surface area contributed by atoms with Crippen LogP contribution < -0.4 is 0 Å². The molecular formula is C22H34N4O. The largest absolute Gasteiger partial charge is 0.396 e. The number of aromatic nitrogens is 2. The summed E-state index contributed by atoms with van der Waals surface area (Å²) in [4.78, 5) is 5.02. The molecule has 0 aliphatic carbocycles. The molecule has 1 unspecified atom stereocenters. The van der Waals surface area contributed by atoms with E-state index in [-0.39, 0.29) is 6.61 Å². The number of piperazine rings is 1. The van der Waals surface area contributed by atoms with Gasteiger partial charge in [-0.3, -0.25) is 14.9 Å². The minimum absolute atomic E-state index is 0.241. The predicted molar refractivity (Wildman–Crippen MR) is 109 cm³/mol. The zero-order valence-corrected chi connectivity index (χ0v) is 17.0. The molecule has 0 radical (unpaired) electrons. The summed E-state index contributed by atoms with van der Waals surface area (Å²) in [7, 11) is 0. The molecule has 1 aromatic carbocycles. The highest BCUT2D eigenvalue weighted by Gasteiger charge is 2.27. The Labute approximate surface area is 163 Å². The Balaban J connectivity index is 1.60. The number of nitrogens with zero attached hydrogens (tertiary/aromatic N) is 3. The molecule has 27 heavy (non-hydrogen) atoms. The van der Waals surface area contributed by atoms with E-state index in [1.165, 1.54) is 16.8 Å². The molecule has 5 heteroatoms. The molecule has 1 aliphatic rings. The van der Waals surface area contributed by atoms with Gasteiger partial charge < -0.3 is 5.11 Å². The highest BCUT2D eigenvalue weighted by molar-refractivity contribution is 5.25. The van der Waals surface area contributed by atoms with Crippen LogP contribution in [0.2, 0.25) is 0 Å². The van der Waals surface area contributed by atoms with Gasteiger partial charge in [0.15, 0.2) is 0 Å². The molecule has 1 aliphatic heterocycles. The van der Waals surface area contributed by atoms with Crippen molar-refractivity contribution >= 4 is 0 Å². The van der Waals surface area contributed by atoms with E-state index in [4.69, 9.17) is 0 Å². The molecule has 1 saturated heterocycles. The maximum absolute atomic E-state index is 9.56. The van der Waals surface area contributed by atoms with Gasteiger partial charge in [-0.1, -0.05) is 38.1 Å². The van der Waals surface area contributed by atoms with Crippen LogP contribution in [0.5, 0.6) is 0 Å². The fourth-order valence-corrected chi connectivity index (χ4v) is 3.99. The molecule has 2 heterocycles. The molecule has 2 N–H and O–H groups in total. The van der Waals surface area contributed by atoms with Crippen LogP contribution in [0.15, 0.2) is 30.3 Å². The summed E-state index contributed by atoms with van der Waals surface area (Å²) in [5, 5.41) is 17.2. The van der Waals surface area contributed by atoms with Crippen LogP contribution in [0.1, 0.15) is 42.8 Å². The van der Waals surface area contributed by atoms with Gasteiger partial charge >= 0.3 is 0 Å². The first kappa shape index (κ1) is 20.1. The molecule has 0 spiro atoms. The van der Waals surface area contributed by atoms with E-state index in [1.54, 1.807) is 0 Å². The average molecular weight is 371 g/mol. The Hall–Kier alpha value is -1.69. The predicted octanol–water partition coefficient (Wildman–Crippen LogP) is 2.99. The number of hydrogen-bond acceptors (Lipinski definition) is 4. The summed E-state index contributed by atoms with van der Waals surface area (Å²) in [5.41, 5.74) is 5.09. The Kier molecular flexibility index (Phi) is 7.05. The summed E-state index contributed by atoms with van der Waals surface area (Å²) in [6, 6.07) is 11.2. The van der Waals surface area contributed by atoms with Crippen molar-refractivity contribution in [3.05, 3.63) is 52.8 Å². The quantitative estimate of drug-likeness (QED) is 0.750. The van der Waals surface area contributed by atoms with Crippen molar-refractivity contribution in [2.75, 3.05) is 26.2 Å². The van der Waals surface area contributed by atoms with Crippen LogP contribution >= 0.6 is 0 Å². The summed E-state index contributed by atoms with van der Waals surface area (Å²) < 4.78 is 0. The first-order valence-electron chi connectivity index (χ1n) is 10.2. The number of nitrogens with one attached hydrogen (secondary N) is 1. The first-order valence-corrected chi connectivity index (χ1v) is 10.2. The third-order valence-electron chi connectivity index (χ3n) is 5.48. The normalized spacial score (nSPS) is 19.1. The maximum Gasteiger partial charge on any atom is 0.0628 e. The maximum atomic E-state index is 9.56. The van der Waals surface area contributed by atoms with Crippen LogP contribution in [0.3, 0.4) is 0 Å². The van der Waals surface area contributed by atoms with E-state index >= 15 is 0 Å². The number of H-pyrrole nitrogens is 1. The van der Waals surface area contributed by atoms with E-state index < -0.39 is 0 Å². The fraction of sp³-hybridized carbons (Fsp3) is 0.591. The SMILES string of the molecule is Cc1ccccc1CN1CCN(Cc2cc(CC(C)C)n[nH]2)CC1CCO. The van der Waals surface area contributed by atoms with Crippen LogP contribution in [0, 0.1) is 12.8 Å². The van der Waals surface area contributed by atoms with E-state index in [2.05, 4.69) is 71.1 Å². The molecule has 5 nitrogen and oxygen atoms in total. The Morgan fingerprint density at radius 3 is 2.78 bits per heavy atom. The van der Waals surface area contributed by atoms with E-state index in [0.717, 1.165) is 51.3 Å². The van der Waals surface area contributed by atoms with Gasteiger partial charge in [0.05, 0.1) is 5.69 Å². The average Bonchev–Trinajstić information content (AvgIpc) is 3.05. The fourth-order valence-electron chi connectivity index (χ4n) is 3.99. The van der Waals surface area contributed by atoms with Gasteiger partial charge in [-0.05, 0) is 42.9 Å². The smallest absolute Gasteiger partial charge is 0.0628 e. The number of hydrogen-bond donors (Lipinski definition) is 2. The Morgan fingerprint density at radius 1 is 1.22 bits per heavy atom. The lowest BCUT2D eigenvalue weighted by molar-refractivity contribution is 0.0493. The molecule has 1 atom stereocenters. The molecule has 1 fully saturated rings. The molecule has 148 valence electrons. The molecule has 0 saturated carbocycles. The summed E-state index contributed by atoms with van der Waals surface area (Å²) >= 11 is 0. The zero-order valence-electron chi connectivity index (χ0n) is 17.0. The van der Waals surface area contributed by atoms with E-state index in [0.29, 0.717) is 12.0 Å². The second-order valence-electron chi connectivity index (χ2n) is 8.28. The highest BCUT2D eigenvalue weighted by atomic mass is 16.3. The summed E-state index contributed by atoms with van der Waals surface area (Å²) in [6.45, 7) is 11.8. The monoisotopic (exact) mass is 370 g/mol. The first-order chi connectivity index (χ1) is 13.0. The number of rotatable bonds is 8. The lowest BCUT2D eigenvalue weighted by Gasteiger charge is -2.41. The number of benzene rings is 1. The van der Waals surface area contributed by atoms with Crippen molar-refractivity contribution in [1.29, 1.82) is 0 Å². The Morgan fingerprint density at radius 2 is 2.04 bits per heavy atom. The van der Waals surface area contributed by atoms with Crippen molar-refractivity contribution in [1.82, 2.24) is 20.0 Å². The molecular weight excluding hydrogens is 336 g/mol. The second-order valence-corrected chi connectivity index (χ2v) is 8.28. The topological polar surface area (TPSA) is 55.4 Å². The number of aromatic amines is 1. The van der Waals surface area contributed by atoms with E-state index in [9.17, 15) is 5.11 Å². The third kappa shape index (κ3) is 5.64. The standard InChI is InChI=1S/C22H34N4O/c1-17(2)12-20-13-21(24-23-20)15-25-9-10-26(22(16-25)8-11-27)14-19-7-5-4-6-18(19)3/h4-7,13,17,22,27H,8-12,14-16H2,1-3H3,(H,23,24). The molecule has 2 aromatic rings. The highest BCUT2D eigenvalue weighted by Crippen LogP contribution is 2.20. The van der Waals surface area contributed by atoms with Crippen LogP contribution in [-0.4, -0.2) is 57.4 Å². The van der Waals surface area contributed by atoms with Crippen molar-refractivity contribution in [2.45, 2.75) is 52.7 Å². The van der Waals surface area contributed by atoms with Gasteiger partial charge in [0.25, 0.3) is 0 Å². The van der Waals surface area contributed by atoms with Crippen molar-refractivity contribution in [3.63, 3.8) is 0 Å². The van der Waals surface area contributed by atoms with Crippen molar-refractivity contribution in [2.24, 2.45) is 5.92 Å². The van der Waals surface area contributed by atoms with Gasteiger partial charge in [0.2, 0.25) is 0 Å². The molecule has 0 bridgehead atoms. The van der Waals surface area contributed by atoms with Gasteiger partial charge in [-0.2, -0.15) is 5.10 Å². The van der Waals surface area contributed by atoms with Gasteiger partial charge in [0.1, 0.15) is 0 Å².